The van der Waals surface area contributed by atoms with Gasteiger partial charge in [-0.1, -0.05) is 375 Å². The summed E-state index contributed by atoms with van der Waals surface area (Å²) in [6, 6.07) is 149. The van der Waals surface area contributed by atoms with E-state index in [1.54, 1.807) is 0 Å². The summed E-state index contributed by atoms with van der Waals surface area (Å²) in [4.78, 5) is 32.6. The van der Waals surface area contributed by atoms with Crippen LogP contribution in [0.4, 0.5) is 0 Å². The number of hydrogen-bond donors (Lipinski definition) is 0. The summed E-state index contributed by atoms with van der Waals surface area (Å²) in [6.07, 6.45) is 0. The number of nitrogens with zero attached hydrogens (tertiary/aromatic N) is 7. The molecule has 0 amide bonds. The van der Waals surface area contributed by atoms with E-state index in [9.17, 15) is 0 Å². The van der Waals surface area contributed by atoms with Crippen LogP contribution >= 0.6 is 23.5 Å². The van der Waals surface area contributed by atoms with Crippen molar-refractivity contribution in [2.75, 3.05) is 0 Å². The first-order valence-corrected chi connectivity index (χ1v) is 43.2. The van der Waals surface area contributed by atoms with Crippen molar-refractivity contribution in [2.45, 2.75) is 30.4 Å². The van der Waals surface area contributed by atoms with E-state index in [1.807, 2.05) is 23.5 Å². The summed E-state index contributed by atoms with van der Waals surface area (Å²) in [5.41, 5.74) is 30.5. The largest absolute Gasteiger partial charge is 0.309 e. The molecule has 2 aliphatic carbocycles. The van der Waals surface area contributed by atoms with Crippen molar-refractivity contribution < 1.29 is 0 Å². The summed E-state index contributed by atoms with van der Waals surface area (Å²) in [5, 5.41) is 9.63. The highest BCUT2D eigenvalue weighted by molar-refractivity contribution is 8.00. The summed E-state index contributed by atoms with van der Waals surface area (Å²) in [7, 11) is 0. The fourth-order valence-corrected chi connectivity index (χ4v) is 23.6. The average molecular weight is 1590 g/mol. The van der Waals surface area contributed by atoms with E-state index in [1.165, 1.54) is 129 Å². The van der Waals surface area contributed by atoms with Crippen molar-refractivity contribution in [3.05, 3.63) is 451 Å². The zero-order chi connectivity index (χ0) is 79.9. The molecule has 2 spiro atoms. The lowest BCUT2D eigenvalue weighted by atomic mass is 9.67. The van der Waals surface area contributed by atoms with Gasteiger partial charge in [0.05, 0.1) is 44.3 Å². The fraction of sp³-hybridized carbons (Fsp3) is 0.0177. The van der Waals surface area contributed by atoms with Gasteiger partial charge in [-0.2, -0.15) is 0 Å². The van der Waals surface area contributed by atoms with Gasteiger partial charge in [0.1, 0.15) is 0 Å². The molecular weight excluding hydrogens is 1520 g/mol. The predicted octanol–water partition coefficient (Wildman–Crippen LogP) is 28.5. The van der Waals surface area contributed by atoms with Crippen LogP contribution in [0.3, 0.4) is 0 Å². The van der Waals surface area contributed by atoms with Gasteiger partial charge < -0.3 is 4.57 Å². The third-order valence-electron chi connectivity index (χ3n) is 26.2. The molecule has 0 fully saturated rings. The molecule has 22 aromatic rings. The first-order valence-electron chi connectivity index (χ1n) is 41.6. The van der Waals surface area contributed by atoms with E-state index in [0.29, 0.717) is 23.4 Å². The average Bonchev–Trinajstić information content (AvgIpc) is 1.49. The van der Waals surface area contributed by atoms with Crippen molar-refractivity contribution in [2.24, 2.45) is 0 Å². The molecule has 26 rings (SSSR count). The lowest BCUT2D eigenvalue weighted by molar-refractivity contribution is 0.726. The van der Waals surface area contributed by atoms with Gasteiger partial charge in [-0.05, 0) is 165 Å². The van der Waals surface area contributed by atoms with Crippen molar-refractivity contribution >= 4 is 88.7 Å². The Balaban J connectivity index is 0.589. The molecule has 0 saturated carbocycles. The Hall–Kier alpha value is -15.1. The lowest BCUT2D eigenvalue weighted by Gasteiger charge is -2.40. The number of benzene rings is 18. The molecule has 4 aromatic heterocycles. The van der Waals surface area contributed by atoms with Gasteiger partial charge in [-0.25, -0.2) is 24.9 Å². The van der Waals surface area contributed by atoms with Crippen molar-refractivity contribution in [3.63, 3.8) is 0 Å². The van der Waals surface area contributed by atoms with Crippen LogP contribution in [0.25, 0.3) is 178 Å². The maximum atomic E-state index is 5.67. The minimum Gasteiger partial charge on any atom is -0.309 e. The quantitative estimate of drug-likeness (QED) is 0.143. The molecule has 0 N–H and O–H groups in total. The van der Waals surface area contributed by atoms with E-state index in [-0.39, 0.29) is 0 Å². The van der Waals surface area contributed by atoms with E-state index in [2.05, 4.69) is 416 Å². The second-order valence-electron chi connectivity index (χ2n) is 32.3. The van der Waals surface area contributed by atoms with Gasteiger partial charge in [-0.15, -0.1) is 0 Å². The van der Waals surface area contributed by atoms with E-state index in [4.69, 9.17) is 24.9 Å². The molecule has 122 heavy (non-hydrogen) atoms. The van der Waals surface area contributed by atoms with E-state index >= 15 is 0 Å². The first kappa shape index (κ1) is 68.9. The molecule has 0 radical (unpaired) electrons. The third-order valence-corrected chi connectivity index (χ3v) is 28.6. The minimum atomic E-state index is -0.549. The molecule has 2 aliphatic heterocycles. The smallest absolute Gasteiger partial charge is 0.235 e. The second kappa shape index (κ2) is 26.7. The lowest BCUT2D eigenvalue weighted by Crippen LogP contribution is -2.32. The summed E-state index contributed by atoms with van der Waals surface area (Å²) in [6.45, 7) is 0. The number of hydrogen-bond acceptors (Lipinski definition) is 7. The monoisotopic (exact) mass is 1590 g/mol. The Morgan fingerprint density at radius 3 is 1.02 bits per heavy atom. The molecule has 9 heteroatoms. The molecule has 0 unspecified atom stereocenters. The highest BCUT2D eigenvalue weighted by atomic mass is 32.2. The maximum Gasteiger partial charge on any atom is 0.235 e. The Morgan fingerprint density at radius 1 is 0.213 bits per heavy atom. The Bertz CT molecular complexity index is 8100. The molecule has 7 nitrogen and oxygen atoms in total. The van der Waals surface area contributed by atoms with Gasteiger partial charge in [0.2, 0.25) is 5.95 Å². The number of rotatable bonds is 9. The zero-order valence-electron chi connectivity index (χ0n) is 65.6. The van der Waals surface area contributed by atoms with Gasteiger partial charge >= 0.3 is 0 Å². The predicted molar refractivity (Wildman–Crippen MR) is 500 cm³/mol. The van der Waals surface area contributed by atoms with Crippen LogP contribution in [0, 0.1) is 0 Å². The van der Waals surface area contributed by atoms with Crippen LogP contribution < -0.4 is 0 Å². The summed E-state index contributed by atoms with van der Waals surface area (Å²) in [5.74, 6) is 2.33. The fourth-order valence-electron chi connectivity index (χ4n) is 20.9. The number of aromatic nitrogens is 7. The Kier molecular flexibility index (Phi) is 15.1. The molecule has 4 aliphatic rings. The number of fused-ring (bicyclic) bond motifs is 30. The van der Waals surface area contributed by atoms with Crippen molar-refractivity contribution in [1.82, 2.24) is 34.1 Å². The van der Waals surface area contributed by atoms with Crippen LogP contribution in [-0.4, -0.2) is 34.1 Å². The van der Waals surface area contributed by atoms with Crippen LogP contribution in [0.1, 0.15) is 44.5 Å². The second-order valence-corrected chi connectivity index (χ2v) is 34.4. The normalized spacial score (nSPS) is 13.5. The van der Waals surface area contributed by atoms with Gasteiger partial charge in [-0.3, -0.25) is 4.57 Å². The highest BCUT2D eigenvalue weighted by Crippen LogP contribution is 2.66. The van der Waals surface area contributed by atoms with E-state index < -0.39 is 10.8 Å². The van der Waals surface area contributed by atoms with Crippen LogP contribution in [0.15, 0.2) is 426 Å². The van der Waals surface area contributed by atoms with Crippen LogP contribution in [0.5, 0.6) is 0 Å². The minimum absolute atomic E-state index is 0.533. The standard InChI is InChI=1S/C113H67N7S2/c1-3-24-68(25-4-1)69-48-54-76(55-49-69)108-116-109(118-110(117-108)78-30-23-31-79(66-78)119-96-62-58-72-26-7-9-32-80(72)102(96)104-98(119)64-60-92-106(104)121-100-44-21-19-42-90(100)112(92)86-38-15-11-34-82(86)83-35-12-16-39-87(83)112)77-56-50-71(51-57-77)70-46-52-75(53-47-70)95-67-94(74-28-5-2-6-29-74)114-111(115-95)120-97-63-59-73-27-8-10-33-81(73)103(97)105-99(120)65-61-93-107(105)122-101-45-22-20-43-91(101)113(93)88-40-17-13-36-84(88)85-37-14-18-41-89(85)113/h1-67H. The van der Waals surface area contributed by atoms with Crippen LogP contribution in [-0.2, 0) is 10.8 Å². The molecule has 0 saturated heterocycles. The summed E-state index contributed by atoms with van der Waals surface area (Å²) >= 11 is 3.80. The maximum absolute atomic E-state index is 5.67. The van der Waals surface area contributed by atoms with Crippen molar-refractivity contribution in [1.29, 1.82) is 0 Å². The molecule has 0 bridgehead atoms. The van der Waals surface area contributed by atoms with E-state index in [0.717, 1.165) is 89.2 Å². The first-order chi connectivity index (χ1) is 60.5. The van der Waals surface area contributed by atoms with Crippen LogP contribution in [0.2, 0.25) is 0 Å². The van der Waals surface area contributed by atoms with Gasteiger partial charge in [0.15, 0.2) is 17.5 Å². The third kappa shape index (κ3) is 9.97. The summed E-state index contributed by atoms with van der Waals surface area (Å²) < 4.78 is 4.79. The Labute approximate surface area is 711 Å². The van der Waals surface area contributed by atoms with Crippen molar-refractivity contribution in [3.8, 4) is 113 Å². The molecule has 566 valence electrons. The highest BCUT2D eigenvalue weighted by Gasteiger charge is 2.53. The van der Waals surface area contributed by atoms with Gasteiger partial charge in [0, 0.05) is 74.6 Å². The van der Waals surface area contributed by atoms with Gasteiger partial charge in [0.25, 0.3) is 0 Å². The Morgan fingerprint density at radius 2 is 0.549 bits per heavy atom. The molecular formula is C113H67N7S2. The zero-order valence-corrected chi connectivity index (χ0v) is 67.3. The molecule has 18 aromatic carbocycles. The molecule has 0 atom stereocenters. The molecule has 6 heterocycles. The SMILES string of the molecule is c1ccc(-c2ccc(-c3nc(-c4ccc(-c5ccc(-c6cc(-c7ccccc7)nc(-n7c8ccc9c(c8c8c%10ccccc%10ccc87)Sc7ccccc7C97c8ccccc8-c8ccccc87)n6)cc5)cc4)nc(-c4cccc(-n5c6ccc7c(c6c6c8ccccc8ccc65)Sc5ccccc5C75c6ccccc6-c6ccccc65)c4)n3)cc2)cc1. The topological polar surface area (TPSA) is 74.3 Å².